The molecule has 3 heteroatoms. The van der Waals surface area contributed by atoms with Gasteiger partial charge in [0.1, 0.15) is 5.82 Å². The van der Waals surface area contributed by atoms with Crippen molar-refractivity contribution in [3.63, 3.8) is 0 Å². The predicted octanol–water partition coefficient (Wildman–Crippen LogP) is 4.87. The van der Waals surface area contributed by atoms with E-state index in [2.05, 4.69) is 18.2 Å². The molecule has 0 aliphatic rings. The Morgan fingerprint density at radius 1 is 1.00 bits per heavy atom. The molecule has 2 N–H and O–H groups in total. The third kappa shape index (κ3) is 2.92. The lowest BCUT2D eigenvalue weighted by Crippen LogP contribution is -2.14. The van der Waals surface area contributed by atoms with E-state index in [4.69, 9.17) is 17.3 Å². The molecule has 0 amide bonds. The monoisotopic (exact) mass is 299 g/mol. The Hall–Kier alpha value is -1.90. The van der Waals surface area contributed by atoms with Crippen molar-refractivity contribution in [2.24, 2.45) is 5.73 Å². The van der Waals surface area contributed by atoms with Gasteiger partial charge in [0, 0.05) is 11.1 Å². The largest absolute Gasteiger partial charge is 0.324 e. The van der Waals surface area contributed by atoms with Crippen molar-refractivity contribution in [2.45, 2.75) is 12.5 Å². The molecule has 0 fully saturated rings. The maximum absolute atomic E-state index is 13.4. The Morgan fingerprint density at radius 2 is 1.76 bits per heavy atom. The Bertz CT molecular complexity index is 780. The minimum Gasteiger partial charge on any atom is -0.324 e. The maximum Gasteiger partial charge on any atom is 0.123 e. The lowest BCUT2D eigenvalue weighted by atomic mass is 9.95. The van der Waals surface area contributed by atoms with Crippen LogP contribution in [0.3, 0.4) is 0 Å². The molecular formula is C18H15ClFN. The standard InChI is InChI=1S/C18H15ClFN/c19-17-9-8-14(20)10-13(17)11-18(21)16-7-3-5-12-4-1-2-6-15(12)16/h1-10,18H,11,21H2. The summed E-state index contributed by atoms with van der Waals surface area (Å²) in [5.74, 6) is -0.292. The molecule has 3 rings (SSSR count). The molecule has 3 aromatic rings. The van der Waals surface area contributed by atoms with Gasteiger partial charge in [-0.15, -0.1) is 0 Å². The van der Waals surface area contributed by atoms with E-state index in [9.17, 15) is 4.39 Å². The second kappa shape index (κ2) is 5.84. The van der Waals surface area contributed by atoms with Crippen molar-refractivity contribution < 1.29 is 4.39 Å². The van der Waals surface area contributed by atoms with E-state index in [-0.39, 0.29) is 11.9 Å². The molecule has 0 aromatic heterocycles. The van der Waals surface area contributed by atoms with Crippen molar-refractivity contribution in [1.29, 1.82) is 0 Å². The topological polar surface area (TPSA) is 26.0 Å². The molecule has 1 atom stereocenters. The Morgan fingerprint density at radius 3 is 2.62 bits per heavy atom. The summed E-state index contributed by atoms with van der Waals surface area (Å²) >= 11 is 6.12. The van der Waals surface area contributed by atoms with Crippen LogP contribution in [0.4, 0.5) is 4.39 Å². The number of hydrogen-bond donors (Lipinski definition) is 1. The van der Waals surface area contributed by atoms with Crippen LogP contribution in [0.15, 0.2) is 60.7 Å². The van der Waals surface area contributed by atoms with Crippen molar-refractivity contribution >= 4 is 22.4 Å². The number of benzene rings is 3. The summed E-state index contributed by atoms with van der Waals surface area (Å²) in [7, 11) is 0. The van der Waals surface area contributed by atoms with E-state index in [1.54, 1.807) is 6.07 Å². The number of rotatable bonds is 3. The highest BCUT2D eigenvalue weighted by Gasteiger charge is 2.13. The minimum absolute atomic E-state index is 0.226. The zero-order chi connectivity index (χ0) is 14.8. The average Bonchev–Trinajstić information content (AvgIpc) is 2.50. The zero-order valence-electron chi connectivity index (χ0n) is 11.4. The summed E-state index contributed by atoms with van der Waals surface area (Å²) in [6.45, 7) is 0. The van der Waals surface area contributed by atoms with Gasteiger partial charge >= 0.3 is 0 Å². The highest BCUT2D eigenvalue weighted by Crippen LogP contribution is 2.27. The fourth-order valence-electron chi connectivity index (χ4n) is 2.62. The first-order chi connectivity index (χ1) is 10.1. The predicted molar refractivity (Wildman–Crippen MR) is 86.0 cm³/mol. The molecule has 1 nitrogen and oxygen atoms in total. The van der Waals surface area contributed by atoms with Crippen LogP contribution in [0.2, 0.25) is 5.02 Å². The Labute approximate surface area is 128 Å². The van der Waals surface area contributed by atoms with Crippen LogP contribution < -0.4 is 5.73 Å². The summed E-state index contributed by atoms with van der Waals surface area (Å²) < 4.78 is 13.4. The second-order valence-corrected chi connectivity index (χ2v) is 5.52. The molecule has 106 valence electrons. The van der Waals surface area contributed by atoms with Gasteiger partial charge < -0.3 is 5.73 Å². The molecule has 0 radical (unpaired) electrons. The van der Waals surface area contributed by atoms with Gasteiger partial charge in [0.25, 0.3) is 0 Å². The first-order valence-electron chi connectivity index (χ1n) is 6.82. The van der Waals surface area contributed by atoms with E-state index in [0.717, 1.165) is 21.9 Å². The van der Waals surface area contributed by atoms with Crippen molar-refractivity contribution in [2.75, 3.05) is 0 Å². The van der Waals surface area contributed by atoms with E-state index >= 15 is 0 Å². The Kier molecular flexibility index (Phi) is 3.91. The Balaban J connectivity index is 1.97. The summed E-state index contributed by atoms with van der Waals surface area (Å²) in [6.07, 6.45) is 0.505. The smallest absolute Gasteiger partial charge is 0.123 e. The molecule has 0 heterocycles. The quantitative estimate of drug-likeness (QED) is 0.733. The zero-order valence-corrected chi connectivity index (χ0v) is 12.1. The van der Waals surface area contributed by atoms with E-state index in [0.29, 0.717) is 11.4 Å². The fraction of sp³-hybridized carbons (Fsp3) is 0.111. The third-order valence-corrected chi connectivity index (χ3v) is 4.04. The van der Waals surface area contributed by atoms with Gasteiger partial charge in [-0.25, -0.2) is 4.39 Å². The first kappa shape index (κ1) is 14.1. The molecule has 0 aliphatic heterocycles. The molecule has 0 aliphatic carbocycles. The summed E-state index contributed by atoms with van der Waals surface area (Å²) in [5, 5.41) is 2.82. The van der Waals surface area contributed by atoms with Crippen LogP contribution in [-0.4, -0.2) is 0 Å². The summed E-state index contributed by atoms with van der Waals surface area (Å²) in [6, 6.07) is 18.3. The molecular weight excluding hydrogens is 285 g/mol. The van der Waals surface area contributed by atoms with Gasteiger partial charge in [0.2, 0.25) is 0 Å². The van der Waals surface area contributed by atoms with Crippen LogP contribution in [0.5, 0.6) is 0 Å². The normalized spacial score (nSPS) is 12.5. The van der Waals surface area contributed by atoms with Gasteiger partial charge in [-0.2, -0.15) is 0 Å². The highest BCUT2D eigenvalue weighted by atomic mass is 35.5. The van der Waals surface area contributed by atoms with Crippen LogP contribution >= 0.6 is 11.6 Å². The summed E-state index contributed by atoms with van der Waals surface area (Å²) in [5.41, 5.74) is 8.11. The number of fused-ring (bicyclic) bond motifs is 1. The van der Waals surface area contributed by atoms with Crippen LogP contribution in [0.25, 0.3) is 10.8 Å². The molecule has 0 spiro atoms. The molecule has 0 saturated carbocycles. The lowest BCUT2D eigenvalue weighted by Gasteiger charge is -2.16. The van der Waals surface area contributed by atoms with Crippen molar-refractivity contribution in [3.8, 4) is 0 Å². The number of halogens is 2. The van der Waals surface area contributed by atoms with Gasteiger partial charge in [-0.1, -0.05) is 54.1 Å². The van der Waals surface area contributed by atoms with Gasteiger partial charge in [-0.05, 0) is 46.5 Å². The maximum atomic E-state index is 13.4. The van der Waals surface area contributed by atoms with Crippen LogP contribution in [0, 0.1) is 5.82 Å². The first-order valence-corrected chi connectivity index (χ1v) is 7.20. The van der Waals surface area contributed by atoms with E-state index in [1.165, 1.54) is 12.1 Å². The van der Waals surface area contributed by atoms with Crippen molar-refractivity contribution in [3.05, 3.63) is 82.6 Å². The van der Waals surface area contributed by atoms with Gasteiger partial charge in [0.05, 0.1) is 0 Å². The lowest BCUT2D eigenvalue weighted by molar-refractivity contribution is 0.622. The summed E-state index contributed by atoms with van der Waals surface area (Å²) in [4.78, 5) is 0. The average molecular weight is 300 g/mol. The van der Waals surface area contributed by atoms with Gasteiger partial charge in [-0.3, -0.25) is 0 Å². The third-order valence-electron chi connectivity index (χ3n) is 3.67. The number of nitrogens with two attached hydrogens (primary N) is 1. The van der Waals surface area contributed by atoms with Crippen LogP contribution in [0.1, 0.15) is 17.2 Å². The molecule has 1 unspecified atom stereocenters. The number of hydrogen-bond acceptors (Lipinski definition) is 1. The molecule has 21 heavy (non-hydrogen) atoms. The second-order valence-electron chi connectivity index (χ2n) is 5.11. The van der Waals surface area contributed by atoms with Crippen molar-refractivity contribution in [1.82, 2.24) is 0 Å². The van der Waals surface area contributed by atoms with E-state index in [1.807, 2.05) is 24.3 Å². The molecule has 3 aromatic carbocycles. The van der Waals surface area contributed by atoms with Gasteiger partial charge in [0.15, 0.2) is 0 Å². The van der Waals surface area contributed by atoms with E-state index < -0.39 is 0 Å². The minimum atomic E-state index is -0.292. The fourth-order valence-corrected chi connectivity index (χ4v) is 2.82. The SMILES string of the molecule is NC(Cc1cc(F)ccc1Cl)c1cccc2ccccc12. The molecule has 0 bridgehead atoms. The van der Waals surface area contributed by atoms with Crippen LogP contribution in [-0.2, 0) is 6.42 Å². The highest BCUT2D eigenvalue weighted by molar-refractivity contribution is 6.31. The molecule has 0 saturated heterocycles.